The van der Waals surface area contributed by atoms with E-state index in [0.29, 0.717) is 11.5 Å². The first kappa shape index (κ1) is 20.8. The van der Waals surface area contributed by atoms with Gasteiger partial charge in [0.15, 0.2) is 0 Å². The van der Waals surface area contributed by atoms with Crippen LogP contribution < -0.4 is 5.32 Å². The number of hydrogen-bond acceptors (Lipinski definition) is 2. The van der Waals surface area contributed by atoms with Crippen molar-refractivity contribution in [2.45, 2.75) is 40.0 Å². The monoisotopic (exact) mass is 408 g/mol. The number of aryl methyl sites for hydroxylation is 1. The summed E-state index contributed by atoms with van der Waals surface area (Å²) in [4.78, 5) is 18.3. The second-order valence-electron chi connectivity index (χ2n) is 8.23. The molecule has 0 fully saturated rings. The molecular weight excluding hydrogens is 380 g/mol. The van der Waals surface area contributed by atoms with Gasteiger partial charge < -0.3 is 5.32 Å². The number of anilines is 1. The Bertz CT molecular complexity index is 1220. The molecule has 31 heavy (non-hydrogen) atoms. The highest BCUT2D eigenvalue weighted by molar-refractivity contribution is 6.14. The summed E-state index contributed by atoms with van der Waals surface area (Å²) in [5.41, 5.74) is 7.52. The van der Waals surface area contributed by atoms with Crippen LogP contribution in [0.5, 0.6) is 0 Å². The number of carbonyl (C=O) groups excluding carboxylic acids is 1. The standard InChI is InChI=1S/C28H28N2O/c1-5-19(3)21-14-16-23(17-15-21)29-28(31)26-20(4)27(22-12-10-18(2)11-13-22)30-25-9-7-6-8-24(25)26/h6-17,19H,5H2,1-4H3,(H,29,31). The van der Waals surface area contributed by atoms with E-state index in [-0.39, 0.29) is 5.91 Å². The van der Waals surface area contributed by atoms with Crippen LogP contribution in [0.1, 0.15) is 53.2 Å². The largest absolute Gasteiger partial charge is 0.322 e. The fourth-order valence-corrected chi connectivity index (χ4v) is 3.92. The topological polar surface area (TPSA) is 42.0 Å². The first-order valence-electron chi connectivity index (χ1n) is 10.9. The number of rotatable bonds is 5. The molecule has 3 nitrogen and oxygen atoms in total. The maximum Gasteiger partial charge on any atom is 0.256 e. The van der Waals surface area contributed by atoms with E-state index in [2.05, 4.69) is 62.5 Å². The van der Waals surface area contributed by atoms with Crippen molar-refractivity contribution in [3.8, 4) is 11.3 Å². The zero-order valence-corrected chi connectivity index (χ0v) is 18.6. The highest BCUT2D eigenvalue weighted by atomic mass is 16.1. The van der Waals surface area contributed by atoms with Crippen molar-refractivity contribution in [1.29, 1.82) is 0 Å². The molecule has 1 N–H and O–H groups in total. The third kappa shape index (κ3) is 4.22. The van der Waals surface area contributed by atoms with Gasteiger partial charge in [-0.05, 0) is 55.5 Å². The van der Waals surface area contributed by atoms with Crippen molar-refractivity contribution in [3.05, 3.63) is 95.1 Å². The Hall–Kier alpha value is -3.46. The number of amides is 1. The molecule has 1 aromatic heterocycles. The molecule has 0 aliphatic carbocycles. The van der Waals surface area contributed by atoms with Crippen LogP contribution in [0.2, 0.25) is 0 Å². The molecule has 0 aliphatic heterocycles. The first-order valence-corrected chi connectivity index (χ1v) is 10.9. The molecule has 1 unspecified atom stereocenters. The Morgan fingerprint density at radius 3 is 2.29 bits per heavy atom. The molecular formula is C28H28N2O. The van der Waals surface area contributed by atoms with Crippen molar-refractivity contribution >= 4 is 22.5 Å². The SMILES string of the molecule is CCC(C)c1ccc(NC(=O)c2c(C)c(-c3ccc(C)cc3)nc3ccccc23)cc1. The van der Waals surface area contributed by atoms with Gasteiger partial charge in [-0.15, -0.1) is 0 Å². The molecule has 0 aliphatic rings. The quantitative estimate of drug-likeness (QED) is 0.377. The van der Waals surface area contributed by atoms with Crippen LogP contribution in [0.15, 0.2) is 72.8 Å². The molecule has 3 heteroatoms. The average molecular weight is 409 g/mol. The summed E-state index contributed by atoms with van der Waals surface area (Å²) in [5.74, 6) is 0.397. The summed E-state index contributed by atoms with van der Waals surface area (Å²) >= 11 is 0. The summed E-state index contributed by atoms with van der Waals surface area (Å²) in [5, 5.41) is 3.96. The number of para-hydroxylation sites is 1. The zero-order valence-electron chi connectivity index (χ0n) is 18.6. The van der Waals surface area contributed by atoms with Crippen LogP contribution in [-0.4, -0.2) is 10.9 Å². The Labute approximate surface area is 184 Å². The molecule has 1 heterocycles. The molecule has 0 bridgehead atoms. The smallest absolute Gasteiger partial charge is 0.256 e. The van der Waals surface area contributed by atoms with Crippen molar-refractivity contribution in [1.82, 2.24) is 4.98 Å². The second kappa shape index (κ2) is 8.73. The van der Waals surface area contributed by atoms with Gasteiger partial charge >= 0.3 is 0 Å². The number of nitrogens with zero attached hydrogens (tertiary/aromatic N) is 1. The number of carbonyl (C=O) groups is 1. The number of nitrogens with one attached hydrogen (secondary N) is 1. The van der Waals surface area contributed by atoms with E-state index >= 15 is 0 Å². The average Bonchev–Trinajstić information content (AvgIpc) is 2.79. The van der Waals surface area contributed by atoms with Gasteiger partial charge in [0, 0.05) is 16.6 Å². The van der Waals surface area contributed by atoms with E-state index in [1.54, 1.807) is 0 Å². The van der Waals surface area contributed by atoms with Crippen molar-refractivity contribution < 1.29 is 4.79 Å². The number of benzene rings is 3. The van der Waals surface area contributed by atoms with E-state index in [9.17, 15) is 4.79 Å². The van der Waals surface area contributed by atoms with Crippen molar-refractivity contribution in [3.63, 3.8) is 0 Å². The normalized spacial score (nSPS) is 12.0. The molecule has 0 saturated heterocycles. The number of fused-ring (bicyclic) bond motifs is 1. The number of aromatic nitrogens is 1. The zero-order chi connectivity index (χ0) is 22.0. The molecule has 4 rings (SSSR count). The predicted octanol–water partition coefficient (Wildman–Crippen LogP) is 7.28. The minimum Gasteiger partial charge on any atom is -0.322 e. The first-order chi connectivity index (χ1) is 15.0. The lowest BCUT2D eigenvalue weighted by atomic mass is 9.96. The lowest BCUT2D eigenvalue weighted by Crippen LogP contribution is -2.15. The van der Waals surface area contributed by atoms with Crippen molar-refractivity contribution in [2.24, 2.45) is 0 Å². The van der Waals surface area contributed by atoms with Gasteiger partial charge in [-0.25, -0.2) is 4.98 Å². The van der Waals surface area contributed by atoms with E-state index in [1.807, 2.05) is 43.3 Å². The molecule has 1 amide bonds. The maximum absolute atomic E-state index is 13.4. The third-order valence-corrected chi connectivity index (χ3v) is 6.04. The highest BCUT2D eigenvalue weighted by Crippen LogP contribution is 2.30. The summed E-state index contributed by atoms with van der Waals surface area (Å²) in [6, 6.07) is 24.3. The predicted molar refractivity (Wildman–Crippen MR) is 130 cm³/mol. The lowest BCUT2D eigenvalue weighted by molar-refractivity contribution is 0.102. The van der Waals surface area contributed by atoms with Crippen LogP contribution in [-0.2, 0) is 0 Å². The van der Waals surface area contributed by atoms with E-state index < -0.39 is 0 Å². The Balaban J connectivity index is 1.76. The Morgan fingerprint density at radius 2 is 1.61 bits per heavy atom. The summed E-state index contributed by atoms with van der Waals surface area (Å²) in [7, 11) is 0. The van der Waals surface area contributed by atoms with Gasteiger partial charge in [0.2, 0.25) is 0 Å². The molecule has 4 aromatic rings. The summed E-state index contributed by atoms with van der Waals surface area (Å²) < 4.78 is 0. The van der Waals surface area contributed by atoms with Gasteiger partial charge in [-0.1, -0.05) is 74.0 Å². The molecule has 0 spiro atoms. The third-order valence-electron chi connectivity index (χ3n) is 6.04. The second-order valence-corrected chi connectivity index (χ2v) is 8.23. The minimum absolute atomic E-state index is 0.110. The Morgan fingerprint density at radius 1 is 0.935 bits per heavy atom. The number of pyridine rings is 1. The molecule has 3 aromatic carbocycles. The molecule has 0 radical (unpaired) electrons. The van der Waals surface area contributed by atoms with E-state index in [1.165, 1.54) is 11.1 Å². The molecule has 156 valence electrons. The van der Waals surface area contributed by atoms with E-state index in [0.717, 1.165) is 39.8 Å². The Kier molecular flexibility index (Phi) is 5.85. The summed E-state index contributed by atoms with van der Waals surface area (Å²) in [6.07, 6.45) is 1.09. The van der Waals surface area contributed by atoms with Crippen LogP contribution in [0.3, 0.4) is 0 Å². The van der Waals surface area contributed by atoms with Gasteiger partial charge in [-0.3, -0.25) is 4.79 Å². The maximum atomic E-state index is 13.4. The van der Waals surface area contributed by atoms with Crippen LogP contribution in [0, 0.1) is 13.8 Å². The molecule has 0 saturated carbocycles. The molecule has 1 atom stereocenters. The van der Waals surface area contributed by atoms with Crippen LogP contribution >= 0.6 is 0 Å². The number of hydrogen-bond donors (Lipinski definition) is 1. The van der Waals surface area contributed by atoms with Gasteiger partial charge in [-0.2, -0.15) is 0 Å². The fourth-order valence-electron chi connectivity index (χ4n) is 3.92. The van der Waals surface area contributed by atoms with Gasteiger partial charge in [0.1, 0.15) is 0 Å². The van der Waals surface area contributed by atoms with Gasteiger partial charge in [0.05, 0.1) is 16.8 Å². The lowest BCUT2D eigenvalue weighted by Gasteiger charge is -2.15. The van der Waals surface area contributed by atoms with Gasteiger partial charge in [0.25, 0.3) is 5.91 Å². The highest BCUT2D eigenvalue weighted by Gasteiger charge is 2.19. The fraction of sp³-hybridized carbons (Fsp3) is 0.214. The van der Waals surface area contributed by atoms with Crippen molar-refractivity contribution in [2.75, 3.05) is 5.32 Å². The minimum atomic E-state index is -0.110. The van der Waals surface area contributed by atoms with Crippen LogP contribution in [0.25, 0.3) is 22.2 Å². The van der Waals surface area contributed by atoms with E-state index in [4.69, 9.17) is 4.98 Å². The summed E-state index contributed by atoms with van der Waals surface area (Å²) in [6.45, 7) is 8.45. The van der Waals surface area contributed by atoms with Crippen LogP contribution in [0.4, 0.5) is 5.69 Å².